The molecule has 0 radical (unpaired) electrons. The van der Waals surface area contributed by atoms with Crippen molar-refractivity contribution < 1.29 is 0 Å². The molecule has 148 valence electrons. The molecule has 0 rings (SSSR count). The Kier molecular flexibility index (Phi) is 23.0. The highest BCUT2D eigenvalue weighted by Gasteiger charge is 1.95. The van der Waals surface area contributed by atoms with Gasteiger partial charge in [-0.2, -0.15) is 0 Å². The maximum absolute atomic E-state index is 3.70. The van der Waals surface area contributed by atoms with Crippen molar-refractivity contribution in [1.29, 1.82) is 0 Å². The third kappa shape index (κ3) is 23.5. The molecule has 0 heterocycles. The van der Waals surface area contributed by atoms with Gasteiger partial charge in [0.05, 0.1) is 0 Å². The van der Waals surface area contributed by atoms with E-state index < -0.39 is 0 Å². The first-order chi connectivity index (χ1) is 12.4. The van der Waals surface area contributed by atoms with Crippen molar-refractivity contribution in [3.8, 4) is 0 Å². The molecule has 0 spiro atoms. The molecule has 0 aliphatic carbocycles. The molecule has 0 atom stereocenters. The number of hydrogen-bond donors (Lipinski definition) is 0. The van der Waals surface area contributed by atoms with Gasteiger partial charge < -0.3 is 0 Å². The molecule has 0 nitrogen and oxygen atoms in total. The fraction of sp³-hybridized carbons (Fsp3) is 0.840. The summed E-state index contributed by atoms with van der Waals surface area (Å²) >= 11 is 0. The second-order valence-electron chi connectivity index (χ2n) is 7.82. The van der Waals surface area contributed by atoms with Crippen molar-refractivity contribution in [2.75, 3.05) is 0 Å². The third-order valence-corrected chi connectivity index (χ3v) is 5.25. The van der Waals surface area contributed by atoms with Crippen LogP contribution in [0, 0.1) is 0 Å². The Hall–Kier alpha value is -0.520. The van der Waals surface area contributed by atoms with Crippen molar-refractivity contribution in [3.63, 3.8) is 0 Å². The van der Waals surface area contributed by atoms with Crippen molar-refractivity contribution in [1.82, 2.24) is 0 Å². The van der Waals surface area contributed by atoms with Gasteiger partial charge >= 0.3 is 0 Å². The van der Waals surface area contributed by atoms with Crippen LogP contribution >= 0.6 is 0 Å². The summed E-state index contributed by atoms with van der Waals surface area (Å²) in [5.41, 5.74) is 0. The number of rotatable bonds is 21. The zero-order valence-corrected chi connectivity index (χ0v) is 17.6. The van der Waals surface area contributed by atoms with Gasteiger partial charge in [0.25, 0.3) is 0 Å². The van der Waals surface area contributed by atoms with Crippen molar-refractivity contribution >= 4 is 0 Å². The minimum Gasteiger partial charge on any atom is -0.0991 e. The molecular weight excluding hydrogens is 300 g/mol. The fourth-order valence-electron chi connectivity index (χ4n) is 3.53. The van der Waals surface area contributed by atoms with Crippen LogP contribution in [0.5, 0.6) is 0 Å². The fourth-order valence-corrected chi connectivity index (χ4v) is 3.53. The van der Waals surface area contributed by atoms with E-state index in [0.717, 1.165) is 0 Å². The van der Waals surface area contributed by atoms with E-state index in [2.05, 4.69) is 25.7 Å². The van der Waals surface area contributed by atoms with Crippen LogP contribution in [0.1, 0.15) is 135 Å². The monoisotopic (exact) mass is 348 g/mol. The van der Waals surface area contributed by atoms with E-state index in [9.17, 15) is 0 Å². The summed E-state index contributed by atoms with van der Waals surface area (Å²) < 4.78 is 0. The van der Waals surface area contributed by atoms with E-state index in [1.165, 1.54) is 128 Å². The highest BCUT2D eigenvalue weighted by atomic mass is 14.0. The standard InChI is InChI=1S/C25H48/c1-3-5-7-9-11-13-15-17-19-21-23-25-24-22-20-18-16-14-12-10-8-6-4-2/h3,5,7H,1,4,6,8-25H2,2H3/b7-5-. The summed E-state index contributed by atoms with van der Waals surface area (Å²) in [7, 11) is 0. The molecule has 25 heavy (non-hydrogen) atoms. The van der Waals surface area contributed by atoms with Crippen LogP contribution in [0.2, 0.25) is 0 Å². The van der Waals surface area contributed by atoms with Gasteiger partial charge in [0, 0.05) is 0 Å². The van der Waals surface area contributed by atoms with Crippen molar-refractivity contribution in [2.24, 2.45) is 0 Å². The van der Waals surface area contributed by atoms with Gasteiger partial charge in [-0.25, -0.2) is 0 Å². The van der Waals surface area contributed by atoms with Crippen LogP contribution < -0.4 is 0 Å². The zero-order chi connectivity index (χ0) is 18.3. The second kappa shape index (κ2) is 23.5. The van der Waals surface area contributed by atoms with Gasteiger partial charge in [-0.1, -0.05) is 147 Å². The van der Waals surface area contributed by atoms with Gasteiger partial charge in [0.1, 0.15) is 0 Å². The largest absolute Gasteiger partial charge is 0.0991 e. The topological polar surface area (TPSA) is 0 Å². The van der Waals surface area contributed by atoms with E-state index in [1.54, 1.807) is 0 Å². The predicted octanol–water partition coefficient (Wildman–Crippen LogP) is 9.55. The third-order valence-electron chi connectivity index (χ3n) is 5.25. The van der Waals surface area contributed by atoms with Gasteiger partial charge in [-0.05, 0) is 12.8 Å². The number of allylic oxidation sites excluding steroid dienone is 3. The molecule has 0 aromatic heterocycles. The predicted molar refractivity (Wildman–Crippen MR) is 117 cm³/mol. The molecule has 0 heteroatoms. The molecule has 0 saturated heterocycles. The van der Waals surface area contributed by atoms with E-state index >= 15 is 0 Å². The molecule has 0 fully saturated rings. The minimum absolute atomic E-state index is 1.23. The normalized spacial score (nSPS) is 11.4. The van der Waals surface area contributed by atoms with Gasteiger partial charge in [-0.15, -0.1) is 0 Å². The maximum atomic E-state index is 3.70. The smallest absolute Gasteiger partial charge is 0.0348 e. The summed E-state index contributed by atoms with van der Waals surface area (Å²) in [6.07, 6.45) is 35.0. The lowest BCUT2D eigenvalue weighted by atomic mass is 10.0. The molecule has 0 aromatic carbocycles. The van der Waals surface area contributed by atoms with Crippen LogP contribution in [-0.2, 0) is 0 Å². The molecule has 0 aromatic rings. The van der Waals surface area contributed by atoms with E-state index in [1.807, 2.05) is 6.08 Å². The van der Waals surface area contributed by atoms with E-state index in [-0.39, 0.29) is 0 Å². The summed E-state index contributed by atoms with van der Waals surface area (Å²) in [6.45, 7) is 5.99. The van der Waals surface area contributed by atoms with Crippen molar-refractivity contribution in [2.45, 2.75) is 135 Å². The Morgan fingerprint density at radius 3 is 1.12 bits per heavy atom. The van der Waals surface area contributed by atoms with E-state index in [4.69, 9.17) is 0 Å². The Balaban J connectivity index is 2.98. The van der Waals surface area contributed by atoms with Crippen LogP contribution in [0.25, 0.3) is 0 Å². The zero-order valence-electron chi connectivity index (χ0n) is 17.6. The summed E-state index contributed by atoms with van der Waals surface area (Å²) in [4.78, 5) is 0. The molecule has 0 N–H and O–H groups in total. The molecular formula is C25H48. The van der Waals surface area contributed by atoms with Crippen LogP contribution in [0.4, 0.5) is 0 Å². The summed E-state index contributed by atoms with van der Waals surface area (Å²) in [5.74, 6) is 0. The minimum atomic E-state index is 1.23. The number of hydrogen-bond acceptors (Lipinski definition) is 0. The highest BCUT2D eigenvalue weighted by Crippen LogP contribution is 2.14. The Morgan fingerprint density at radius 2 is 0.800 bits per heavy atom. The van der Waals surface area contributed by atoms with Gasteiger partial charge in [0.2, 0.25) is 0 Å². The van der Waals surface area contributed by atoms with Crippen molar-refractivity contribution in [3.05, 3.63) is 24.8 Å². The van der Waals surface area contributed by atoms with Crippen LogP contribution in [0.15, 0.2) is 24.8 Å². The average molecular weight is 349 g/mol. The molecule has 0 saturated carbocycles. The first-order valence-corrected chi connectivity index (χ1v) is 11.7. The van der Waals surface area contributed by atoms with Gasteiger partial charge in [0.15, 0.2) is 0 Å². The lowest BCUT2D eigenvalue weighted by molar-refractivity contribution is 0.523. The highest BCUT2D eigenvalue weighted by molar-refractivity contribution is 4.96. The van der Waals surface area contributed by atoms with Crippen LogP contribution in [-0.4, -0.2) is 0 Å². The Labute approximate surface area is 160 Å². The summed E-state index contributed by atoms with van der Waals surface area (Å²) in [6, 6.07) is 0. The molecule has 0 unspecified atom stereocenters. The SMILES string of the molecule is C=C/C=C\CCCCCCCCCCCCCCCCCCCCC. The molecule has 0 bridgehead atoms. The van der Waals surface area contributed by atoms with E-state index in [0.29, 0.717) is 0 Å². The average Bonchev–Trinajstić information content (AvgIpc) is 2.63. The first-order valence-electron chi connectivity index (χ1n) is 11.7. The van der Waals surface area contributed by atoms with Crippen LogP contribution in [0.3, 0.4) is 0 Å². The number of unbranched alkanes of at least 4 members (excludes halogenated alkanes) is 19. The molecule has 0 aliphatic heterocycles. The second-order valence-corrected chi connectivity index (χ2v) is 7.82. The first kappa shape index (κ1) is 24.5. The quantitative estimate of drug-likeness (QED) is 0.143. The molecule has 0 amide bonds. The lowest BCUT2D eigenvalue weighted by Crippen LogP contribution is -1.84. The van der Waals surface area contributed by atoms with Gasteiger partial charge in [-0.3, -0.25) is 0 Å². The Bertz CT molecular complexity index is 263. The maximum Gasteiger partial charge on any atom is -0.0348 e. The Morgan fingerprint density at radius 1 is 0.480 bits per heavy atom. The molecule has 0 aliphatic rings. The summed E-state index contributed by atoms with van der Waals surface area (Å²) in [5, 5.41) is 0. The lowest BCUT2D eigenvalue weighted by Gasteiger charge is -2.03.